The second-order valence-corrected chi connectivity index (χ2v) is 9.24. The van der Waals surface area contributed by atoms with E-state index < -0.39 is 0 Å². The molecule has 4 heterocycles. The number of nitrogens with one attached hydrogen (secondary N) is 1. The first kappa shape index (κ1) is 19.9. The van der Waals surface area contributed by atoms with Crippen molar-refractivity contribution in [2.75, 3.05) is 16.8 Å². The number of fused-ring (bicyclic) bond motifs is 2. The van der Waals surface area contributed by atoms with Crippen LogP contribution < -0.4 is 10.2 Å². The van der Waals surface area contributed by atoms with Crippen LogP contribution >= 0.6 is 11.3 Å². The van der Waals surface area contributed by atoms with Gasteiger partial charge in [0.1, 0.15) is 16.5 Å². The lowest BCUT2D eigenvalue weighted by atomic mass is 10.0. The van der Waals surface area contributed by atoms with Gasteiger partial charge in [0.15, 0.2) is 0 Å². The molecule has 4 aromatic rings. The number of anilines is 2. The van der Waals surface area contributed by atoms with Crippen molar-refractivity contribution in [2.24, 2.45) is 0 Å². The first-order valence-corrected chi connectivity index (χ1v) is 11.5. The highest BCUT2D eigenvalue weighted by atomic mass is 32.1. The van der Waals surface area contributed by atoms with Crippen molar-refractivity contribution in [1.29, 1.82) is 0 Å². The number of benzene rings is 1. The zero-order valence-corrected chi connectivity index (χ0v) is 18.8. The smallest absolute Gasteiger partial charge is 0.266 e. The van der Waals surface area contributed by atoms with E-state index in [1.807, 2.05) is 44.2 Å². The molecule has 1 aliphatic rings. The maximum atomic E-state index is 13.2. The van der Waals surface area contributed by atoms with Gasteiger partial charge in [-0.2, -0.15) is 0 Å². The predicted octanol–water partition coefficient (Wildman–Crippen LogP) is 5.49. The van der Waals surface area contributed by atoms with Gasteiger partial charge in [-0.1, -0.05) is 18.2 Å². The molecule has 3 aromatic heterocycles. The molecular weight excluding hydrogens is 406 g/mol. The van der Waals surface area contributed by atoms with Crippen molar-refractivity contribution in [3.05, 3.63) is 52.8 Å². The Hall–Kier alpha value is -3.06. The molecule has 0 bridgehead atoms. The Morgan fingerprint density at radius 1 is 1.19 bits per heavy atom. The van der Waals surface area contributed by atoms with Crippen LogP contribution in [0.2, 0.25) is 0 Å². The Bertz CT molecular complexity index is 1300. The van der Waals surface area contributed by atoms with Gasteiger partial charge in [0.25, 0.3) is 5.91 Å². The Morgan fingerprint density at radius 3 is 2.87 bits per heavy atom. The number of pyridine rings is 1. The molecule has 0 spiro atoms. The number of hydrogen-bond donors (Lipinski definition) is 1. The van der Waals surface area contributed by atoms with Gasteiger partial charge < -0.3 is 10.2 Å². The average Bonchev–Trinajstić information content (AvgIpc) is 3.10. The second-order valence-electron chi connectivity index (χ2n) is 8.24. The topological polar surface area (TPSA) is 71.0 Å². The fraction of sp³-hybridized carbons (Fsp3) is 0.333. The van der Waals surface area contributed by atoms with Gasteiger partial charge in [-0.15, -0.1) is 11.3 Å². The molecule has 1 N–H and O–H groups in total. The first-order chi connectivity index (χ1) is 15.0. The van der Waals surface area contributed by atoms with Gasteiger partial charge in [-0.25, -0.2) is 9.97 Å². The number of aryl methyl sites for hydroxylation is 2. The molecule has 7 heteroatoms. The fourth-order valence-corrected chi connectivity index (χ4v) is 5.50. The van der Waals surface area contributed by atoms with E-state index in [2.05, 4.69) is 27.1 Å². The standard InChI is InChI=1S/C24H25N5OS/c1-14-8-6-7-11-29(14)22-20-15(2)21(31-24(20)27-16(3)26-22)23(30)28-18-12-17-9-4-5-10-19(17)25-13-18/h4-5,9-10,12-14H,6-8,11H2,1-3H3,(H,28,30)/t14-/m1/s1. The number of aromatic nitrogens is 3. The summed E-state index contributed by atoms with van der Waals surface area (Å²) in [7, 11) is 0. The molecule has 158 valence electrons. The van der Waals surface area contributed by atoms with Crippen LogP contribution in [0.1, 0.15) is 47.2 Å². The largest absolute Gasteiger partial charge is 0.353 e. The maximum Gasteiger partial charge on any atom is 0.266 e. The maximum absolute atomic E-state index is 13.2. The summed E-state index contributed by atoms with van der Waals surface area (Å²) in [6, 6.07) is 10.3. The lowest BCUT2D eigenvalue weighted by molar-refractivity contribution is 0.103. The van der Waals surface area contributed by atoms with Crippen molar-refractivity contribution >= 4 is 49.9 Å². The van der Waals surface area contributed by atoms with E-state index in [4.69, 9.17) is 4.98 Å². The third-order valence-corrected chi connectivity index (χ3v) is 7.20. The number of carbonyl (C=O) groups excluding carboxylic acids is 1. The monoisotopic (exact) mass is 431 g/mol. The van der Waals surface area contributed by atoms with Gasteiger partial charge in [-0.05, 0) is 57.7 Å². The van der Waals surface area contributed by atoms with Crippen molar-refractivity contribution in [1.82, 2.24) is 15.0 Å². The van der Waals surface area contributed by atoms with Gasteiger partial charge >= 0.3 is 0 Å². The normalized spacial score (nSPS) is 16.7. The number of piperidine rings is 1. The van der Waals surface area contributed by atoms with Crippen LogP contribution in [0, 0.1) is 13.8 Å². The third-order valence-electron chi connectivity index (χ3n) is 6.01. The Balaban J connectivity index is 1.53. The van der Waals surface area contributed by atoms with E-state index in [1.165, 1.54) is 24.2 Å². The quantitative estimate of drug-likeness (QED) is 0.465. The molecule has 1 aliphatic heterocycles. The van der Waals surface area contributed by atoms with Crippen LogP contribution in [-0.4, -0.2) is 33.4 Å². The number of nitrogens with zero attached hydrogens (tertiary/aromatic N) is 4. The van der Waals surface area contributed by atoms with Crippen molar-refractivity contribution in [3.8, 4) is 0 Å². The SMILES string of the molecule is Cc1nc(N2CCCC[C@H]2C)c2c(C)c(C(=O)Nc3cnc4ccccc4c3)sc2n1. The minimum absolute atomic E-state index is 0.132. The van der Waals surface area contributed by atoms with Crippen molar-refractivity contribution < 1.29 is 4.79 Å². The molecular formula is C24H25N5OS. The molecule has 5 rings (SSSR count). The van der Waals surface area contributed by atoms with E-state index in [-0.39, 0.29) is 5.91 Å². The molecule has 0 aliphatic carbocycles. The summed E-state index contributed by atoms with van der Waals surface area (Å²) in [6.07, 6.45) is 5.28. The molecule has 0 unspecified atom stereocenters. The molecule has 1 saturated heterocycles. The summed E-state index contributed by atoms with van der Waals surface area (Å²) in [6.45, 7) is 7.17. The van der Waals surface area contributed by atoms with E-state index >= 15 is 0 Å². The van der Waals surface area contributed by atoms with Gasteiger partial charge in [0, 0.05) is 18.0 Å². The third kappa shape index (κ3) is 3.63. The minimum atomic E-state index is -0.132. The number of carbonyl (C=O) groups is 1. The highest BCUT2D eigenvalue weighted by molar-refractivity contribution is 7.20. The summed E-state index contributed by atoms with van der Waals surface area (Å²) in [5.41, 5.74) is 2.54. The first-order valence-electron chi connectivity index (χ1n) is 10.7. The highest BCUT2D eigenvalue weighted by Gasteiger charge is 2.26. The summed E-state index contributed by atoms with van der Waals surface area (Å²) >= 11 is 1.44. The Labute approximate surface area is 185 Å². The van der Waals surface area contributed by atoms with Crippen LogP contribution in [0.15, 0.2) is 36.5 Å². The molecule has 1 amide bonds. The number of para-hydroxylation sites is 1. The number of rotatable bonds is 3. The molecule has 1 aromatic carbocycles. The van der Waals surface area contributed by atoms with Crippen LogP contribution in [0.4, 0.5) is 11.5 Å². The summed E-state index contributed by atoms with van der Waals surface area (Å²) in [4.78, 5) is 31.0. The predicted molar refractivity (Wildman–Crippen MR) is 127 cm³/mol. The Morgan fingerprint density at radius 2 is 2.03 bits per heavy atom. The molecule has 1 atom stereocenters. The summed E-state index contributed by atoms with van der Waals surface area (Å²) in [5, 5.41) is 5.02. The van der Waals surface area contributed by atoms with Gasteiger partial charge in [0.2, 0.25) is 0 Å². The van der Waals surface area contributed by atoms with Crippen LogP contribution in [-0.2, 0) is 0 Å². The van der Waals surface area contributed by atoms with Crippen molar-refractivity contribution in [2.45, 2.75) is 46.1 Å². The van der Waals surface area contributed by atoms with E-state index in [0.29, 0.717) is 16.6 Å². The second kappa shape index (κ2) is 7.89. The van der Waals surface area contributed by atoms with E-state index in [1.54, 1.807) is 6.20 Å². The van der Waals surface area contributed by atoms with Crippen molar-refractivity contribution in [3.63, 3.8) is 0 Å². The molecule has 0 saturated carbocycles. The zero-order valence-electron chi connectivity index (χ0n) is 18.0. The fourth-order valence-electron chi connectivity index (χ4n) is 4.39. The number of thiophene rings is 1. The lowest BCUT2D eigenvalue weighted by Gasteiger charge is -2.35. The van der Waals surface area contributed by atoms with E-state index in [0.717, 1.165) is 51.3 Å². The molecule has 6 nitrogen and oxygen atoms in total. The summed E-state index contributed by atoms with van der Waals surface area (Å²) in [5.74, 6) is 1.58. The molecule has 0 radical (unpaired) electrons. The number of amides is 1. The Kier molecular flexibility index (Phi) is 5.06. The van der Waals surface area contributed by atoms with Crippen LogP contribution in [0.3, 0.4) is 0 Å². The van der Waals surface area contributed by atoms with Crippen LogP contribution in [0.5, 0.6) is 0 Å². The average molecular weight is 432 g/mol. The molecule has 31 heavy (non-hydrogen) atoms. The van der Waals surface area contributed by atoms with Gasteiger partial charge in [-0.3, -0.25) is 9.78 Å². The van der Waals surface area contributed by atoms with E-state index in [9.17, 15) is 4.79 Å². The minimum Gasteiger partial charge on any atom is -0.353 e. The highest BCUT2D eigenvalue weighted by Crippen LogP contribution is 2.37. The van der Waals surface area contributed by atoms with Crippen LogP contribution in [0.25, 0.3) is 21.1 Å². The summed E-state index contributed by atoms with van der Waals surface area (Å²) < 4.78 is 0. The molecule has 1 fully saturated rings. The lowest BCUT2D eigenvalue weighted by Crippen LogP contribution is -2.38. The zero-order chi connectivity index (χ0) is 21.5. The number of hydrogen-bond acceptors (Lipinski definition) is 6. The van der Waals surface area contributed by atoms with Gasteiger partial charge in [0.05, 0.1) is 27.7 Å².